The third-order valence-corrected chi connectivity index (χ3v) is 1.67. The fourth-order valence-corrected chi connectivity index (χ4v) is 0.961. The fourth-order valence-electron chi connectivity index (χ4n) is 0.961. The second kappa shape index (κ2) is 18.4. The Morgan fingerprint density at radius 1 is 0.857 bits per heavy atom. The van der Waals surface area contributed by atoms with Crippen molar-refractivity contribution in [2.24, 2.45) is 0 Å². The molecule has 128 valence electrons. The molecule has 0 rings (SSSR count). The van der Waals surface area contributed by atoms with Crippen molar-refractivity contribution >= 4 is 11.9 Å². The van der Waals surface area contributed by atoms with Gasteiger partial charge in [-0.1, -0.05) is 42.9 Å². The molecule has 0 aliphatic heterocycles. The van der Waals surface area contributed by atoms with Crippen molar-refractivity contribution < 1.29 is 23.8 Å². The van der Waals surface area contributed by atoms with Crippen molar-refractivity contribution in [3.05, 3.63) is 25.3 Å². The van der Waals surface area contributed by atoms with Gasteiger partial charge in [0.25, 0.3) is 0 Å². The predicted octanol–water partition coefficient (Wildman–Crippen LogP) is 3.78. The second-order valence-corrected chi connectivity index (χ2v) is 3.44. The molecule has 2 unspecified atom stereocenters. The second-order valence-electron chi connectivity index (χ2n) is 3.44. The summed E-state index contributed by atoms with van der Waals surface area (Å²) in [5, 5.41) is 0. The molecular weight excluding hydrogens is 272 g/mol. The Labute approximate surface area is 131 Å². The minimum Gasteiger partial charge on any atom is -0.457 e. The molecule has 2 atom stereocenters. The summed E-state index contributed by atoms with van der Waals surface area (Å²) in [4.78, 5) is 21.7. The van der Waals surface area contributed by atoms with Crippen molar-refractivity contribution in [1.82, 2.24) is 0 Å². The molecule has 0 aromatic heterocycles. The van der Waals surface area contributed by atoms with Crippen LogP contribution in [-0.4, -0.2) is 37.4 Å². The van der Waals surface area contributed by atoms with Gasteiger partial charge in [-0.25, -0.2) is 9.59 Å². The molecule has 0 heterocycles. The Bertz CT molecular complexity index is 258. The van der Waals surface area contributed by atoms with Crippen LogP contribution in [0, 0.1) is 0 Å². The Morgan fingerprint density at radius 2 is 1.14 bits per heavy atom. The van der Waals surface area contributed by atoms with Gasteiger partial charge in [0.05, 0.1) is 13.2 Å². The van der Waals surface area contributed by atoms with Crippen molar-refractivity contribution in [2.75, 3.05) is 13.2 Å². The van der Waals surface area contributed by atoms with Gasteiger partial charge < -0.3 is 14.2 Å². The summed E-state index contributed by atoms with van der Waals surface area (Å²) in [6.07, 6.45) is 1.43. The lowest BCUT2D eigenvalue weighted by molar-refractivity contribution is -0.148. The Morgan fingerprint density at radius 3 is 1.38 bits per heavy atom. The summed E-state index contributed by atoms with van der Waals surface area (Å²) >= 11 is 0. The number of carbonyl (C=O) groups is 2. The van der Waals surface area contributed by atoms with Crippen LogP contribution in [0.1, 0.15) is 43.6 Å². The van der Waals surface area contributed by atoms with Gasteiger partial charge in [0.15, 0.2) is 0 Å². The molecule has 0 saturated carbocycles. The molecule has 0 bridgehead atoms. The van der Waals surface area contributed by atoms with Crippen molar-refractivity contribution in [3.63, 3.8) is 0 Å². The van der Waals surface area contributed by atoms with Crippen LogP contribution in [0.15, 0.2) is 25.3 Å². The minimum atomic E-state index is -0.493. The van der Waals surface area contributed by atoms with Crippen LogP contribution in [0.4, 0.5) is 0 Å². The van der Waals surface area contributed by atoms with Gasteiger partial charge in [0.1, 0.15) is 12.2 Å². The maximum Gasteiger partial charge on any atom is 0.330 e. The molecule has 0 saturated heterocycles. The lowest BCUT2D eigenvalue weighted by Gasteiger charge is -2.15. The van der Waals surface area contributed by atoms with Crippen LogP contribution in [0.2, 0.25) is 0 Å². The van der Waals surface area contributed by atoms with Gasteiger partial charge in [-0.2, -0.15) is 0 Å². The number of ether oxygens (including phenoxy) is 3. The summed E-state index contributed by atoms with van der Waals surface area (Å²) in [6.45, 7) is 10.4. The first-order valence-electron chi connectivity index (χ1n) is 5.23. The first-order chi connectivity index (χ1) is 7.99. The van der Waals surface area contributed by atoms with Gasteiger partial charge in [0.2, 0.25) is 0 Å². The highest BCUT2D eigenvalue weighted by Gasteiger charge is 2.10. The molecule has 0 fully saturated rings. The van der Waals surface area contributed by atoms with Crippen molar-refractivity contribution in [1.29, 1.82) is 0 Å². The van der Waals surface area contributed by atoms with Gasteiger partial charge in [-0.3, -0.25) is 0 Å². The van der Waals surface area contributed by atoms with E-state index in [0.29, 0.717) is 0 Å². The first kappa shape index (κ1) is 31.7. The molecule has 0 amide bonds. The fraction of sp³-hybridized carbons (Fsp3) is 0.625. The number of esters is 2. The molecule has 0 aliphatic carbocycles. The van der Waals surface area contributed by atoms with E-state index in [1.54, 1.807) is 13.8 Å². The highest BCUT2D eigenvalue weighted by molar-refractivity contribution is 5.81. The Balaban J connectivity index is -0.000000213. The van der Waals surface area contributed by atoms with Crippen LogP contribution in [-0.2, 0) is 23.8 Å². The van der Waals surface area contributed by atoms with E-state index in [4.69, 9.17) is 14.2 Å². The lowest BCUT2D eigenvalue weighted by atomic mass is 10.4. The molecule has 0 aliphatic rings. The maximum absolute atomic E-state index is 10.8. The summed E-state index contributed by atoms with van der Waals surface area (Å²) in [5.74, 6) is -0.987. The monoisotopic (exact) mass is 306 g/mol. The minimum absolute atomic E-state index is 0. The van der Waals surface area contributed by atoms with Crippen molar-refractivity contribution in [2.45, 2.75) is 55.8 Å². The molecular formula is C16H34O5. The summed E-state index contributed by atoms with van der Waals surface area (Å²) < 4.78 is 15.0. The van der Waals surface area contributed by atoms with Gasteiger partial charge in [-0.15, -0.1) is 0 Å². The lowest BCUT2D eigenvalue weighted by Crippen LogP contribution is -2.24. The third-order valence-electron chi connectivity index (χ3n) is 1.67. The molecule has 0 aromatic rings. The van der Waals surface area contributed by atoms with Gasteiger partial charge in [-0.05, 0) is 13.8 Å². The largest absolute Gasteiger partial charge is 0.457 e. The average Bonchev–Trinajstić information content (AvgIpc) is 2.28. The highest BCUT2D eigenvalue weighted by atomic mass is 16.6. The molecule has 0 aromatic carbocycles. The number of carbonyl (C=O) groups excluding carboxylic acids is 2. The van der Waals surface area contributed by atoms with E-state index in [2.05, 4.69) is 13.2 Å². The zero-order valence-corrected chi connectivity index (χ0v) is 10.2. The molecule has 5 heteroatoms. The van der Waals surface area contributed by atoms with E-state index in [9.17, 15) is 9.59 Å². The van der Waals surface area contributed by atoms with E-state index in [1.165, 1.54) is 0 Å². The smallest absolute Gasteiger partial charge is 0.330 e. The predicted molar refractivity (Wildman–Crippen MR) is 89.2 cm³/mol. The van der Waals surface area contributed by atoms with E-state index >= 15 is 0 Å². The average molecular weight is 306 g/mol. The van der Waals surface area contributed by atoms with Crippen LogP contribution in [0.3, 0.4) is 0 Å². The summed E-state index contributed by atoms with van der Waals surface area (Å²) in [6, 6.07) is 0. The Hall–Kier alpha value is -1.62. The van der Waals surface area contributed by atoms with Crippen LogP contribution in [0.25, 0.3) is 0 Å². The Kier molecular flexibility index (Phi) is 27.7. The first-order valence-corrected chi connectivity index (χ1v) is 5.23. The van der Waals surface area contributed by atoms with Crippen molar-refractivity contribution in [3.8, 4) is 0 Å². The number of hydrogen-bond donors (Lipinski definition) is 0. The summed E-state index contributed by atoms with van der Waals surface area (Å²) in [5.41, 5.74) is 0. The standard InChI is InChI=1S/C12H18O5.4CH4/c1-5-11(13)16-9(3)7-15-8-10(4)17-12(14)6-2;;;;/h5-6,9-10H,1-2,7-8H2,3-4H3;4*1H4. The quantitative estimate of drug-likeness (QED) is 0.504. The molecule has 5 nitrogen and oxygen atoms in total. The topological polar surface area (TPSA) is 61.8 Å². The van der Waals surface area contributed by atoms with Crippen LogP contribution in [0.5, 0.6) is 0 Å². The SMILES string of the molecule is C.C.C.C.C=CC(=O)OC(C)COCC(C)OC(=O)C=C. The van der Waals surface area contributed by atoms with Crippen LogP contribution < -0.4 is 0 Å². The van der Waals surface area contributed by atoms with E-state index < -0.39 is 11.9 Å². The zero-order valence-electron chi connectivity index (χ0n) is 10.2. The maximum atomic E-state index is 10.8. The molecule has 0 N–H and O–H groups in total. The van der Waals surface area contributed by atoms with Gasteiger partial charge in [0, 0.05) is 12.2 Å². The number of rotatable bonds is 8. The van der Waals surface area contributed by atoms with E-state index in [0.717, 1.165) is 12.2 Å². The van der Waals surface area contributed by atoms with E-state index in [-0.39, 0.29) is 55.1 Å². The zero-order chi connectivity index (χ0) is 13.3. The van der Waals surface area contributed by atoms with Gasteiger partial charge >= 0.3 is 11.9 Å². The normalized spacial score (nSPS) is 10.8. The van der Waals surface area contributed by atoms with Crippen LogP contribution >= 0.6 is 0 Å². The molecule has 0 spiro atoms. The third kappa shape index (κ3) is 18.4. The molecule has 0 radical (unpaired) electrons. The summed E-state index contributed by atoms with van der Waals surface area (Å²) in [7, 11) is 0. The number of hydrogen-bond acceptors (Lipinski definition) is 5. The van der Waals surface area contributed by atoms with E-state index in [1.807, 2.05) is 0 Å². The molecule has 21 heavy (non-hydrogen) atoms. The highest BCUT2D eigenvalue weighted by Crippen LogP contribution is 1.97.